The Balaban J connectivity index is 2.04. The third-order valence-corrected chi connectivity index (χ3v) is 3.70. The number of aromatic nitrogens is 2. The molecule has 0 radical (unpaired) electrons. The van der Waals surface area contributed by atoms with Gasteiger partial charge in [0.15, 0.2) is 5.82 Å². The van der Waals surface area contributed by atoms with Crippen LogP contribution in [0.4, 0.5) is 16.3 Å². The van der Waals surface area contributed by atoms with Gasteiger partial charge in [-0.1, -0.05) is 12.8 Å². The molecule has 1 fully saturated rings. The van der Waals surface area contributed by atoms with Crippen LogP contribution in [0.2, 0.25) is 5.28 Å². The smallest absolute Gasteiger partial charge is 0.291 e. The van der Waals surface area contributed by atoms with Crippen LogP contribution in [0.5, 0.6) is 0 Å². The third-order valence-electron chi connectivity index (χ3n) is 3.52. The number of hydrogen-bond acceptors (Lipinski definition) is 4. The van der Waals surface area contributed by atoms with Crippen LogP contribution in [-0.2, 0) is 0 Å². The normalized spacial score (nSPS) is 20.0. The number of hydrazine groups is 1. The highest BCUT2D eigenvalue weighted by Crippen LogP contribution is 2.34. The van der Waals surface area contributed by atoms with Gasteiger partial charge in [-0.2, -0.15) is 4.98 Å². The number of nitrogens with zero attached hydrogens (tertiary/aromatic N) is 4. The van der Waals surface area contributed by atoms with Gasteiger partial charge in [-0.25, -0.2) is 15.2 Å². The first-order valence-corrected chi connectivity index (χ1v) is 6.41. The Hall–Kier alpha value is -1.56. The Labute approximate surface area is 110 Å². The van der Waals surface area contributed by atoms with Crippen molar-refractivity contribution in [1.29, 1.82) is 0 Å². The van der Waals surface area contributed by atoms with Crippen LogP contribution in [0.1, 0.15) is 25.7 Å². The largest absolute Gasteiger partial charge is 0.340 e. The minimum atomic E-state index is -0.166. The molecule has 1 aromatic heterocycles. The maximum Gasteiger partial charge on any atom is 0.340 e. The van der Waals surface area contributed by atoms with Crippen LogP contribution in [0.25, 0.3) is 0 Å². The fourth-order valence-electron chi connectivity index (χ4n) is 2.53. The van der Waals surface area contributed by atoms with E-state index in [-0.39, 0.29) is 11.3 Å². The zero-order valence-corrected chi connectivity index (χ0v) is 10.8. The molecule has 2 aliphatic rings. The summed E-state index contributed by atoms with van der Waals surface area (Å²) in [6, 6.07) is 0.132. The average molecular weight is 268 g/mol. The molecule has 18 heavy (non-hydrogen) atoms. The molecule has 1 saturated carbocycles. The second kappa shape index (κ2) is 4.28. The van der Waals surface area contributed by atoms with Crippen molar-refractivity contribution in [2.24, 2.45) is 0 Å². The second-order valence-corrected chi connectivity index (χ2v) is 4.97. The van der Waals surface area contributed by atoms with Crippen LogP contribution in [0, 0.1) is 0 Å². The number of rotatable bonds is 1. The van der Waals surface area contributed by atoms with Crippen molar-refractivity contribution in [2.75, 3.05) is 17.0 Å². The van der Waals surface area contributed by atoms with Gasteiger partial charge in [-0.05, 0) is 24.4 Å². The molecule has 1 aromatic rings. The topological polar surface area (TPSA) is 61.4 Å². The predicted octanol–water partition coefficient (Wildman–Crippen LogP) is 1.95. The van der Waals surface area contributed by atoms with Gasteiger partial charge in [0, 0.05) is 7.05 Å². The van der Waals surface area contributed by atoms with Gasteiger partial charge in [0.2, 0.25) is 5.28 Å². The monoisotopic (exact) mass is 267 g/mol. The van der Waals surface area contributed by atoms with E-state index in [1.54, 1.807) is 13.2 Å². The Bertz CT molecular complexity index is 488. The molecule has 0 unspecified atom stereocenters. The highest BCUT2D eigenvalue weighted by atomic mass is 35.5. The standard InChI is InChI=1S/C11H14ClN5O/c1-16-8-6-13-10(12)14-9(8)17(15-11(16)18)7-4-2-3-5-7/h6-7H,2-5H2,1H3,(H,15,18). The van der Waals surface area contributed by atoms with Crippen molar-refractivity contribution in [3.8, 4) is 0 Å². The number of fused-ring (bicyclic) bond motifs is 1. The molecule has 1 aliphatic carbocycles. The van der Waals surface area contributed by atoms with Gasteiger partial charge in [0.05, 0.1) is 12.2 Å². The van der Waals surface area contributed by atoms with Crippen LogP contribution in [0.15, 0.2) is 6.20 Å². The van der Waals surface area contributed by atoms with E-state index in [9.17, 15) is 4.79 Å². The Morgan fingerprint density at radius 3 is 2.89 bits per heavy atom. The first kappa shape index (κ1) is 11.5. The van der Waals surface area contributed by atoms with Gasteiger partial charge < -0.3 is 0 Å². The zero-order valence-electron chi connectivity index (χ0n) is 10.1. The summed E-state index contributed by atoms with van der Waals surface area (Å²) in [7, 11) is 1.69. The van der Waals surface area contributed by atoms with Crippen LogP contribution >= 0.6 is 11.6 Å². The molecule has 0 atom stereocenters. The first-order valence-electron chi connectivity index (χ1n) is 6.03. The molecule has 7 heteroatoms. The molecule has 1 N–H and O–H groups in total. The Morgan fingerprint density at radius 1 is 1.44 bits per heavy atom. The number of nitrogens with one attached hydrogen (secondary N) is 1. The molecule has 2 amide bonds. The molecule has 0 bridgehead atoms. The van der Waals surface area contributed by atoms with Crippen molar-refractivity contribution in [3.05, 3.63) is 11.5 Å². The molecular weight excluding hydrogens is 254 g/mol. The summed E-state index contributed by atoms with van der Waals surface area (Å²) >= 11 is 5.85. The summed E-state index contributed by atoms with van der Waals surface area (Å²) in [4.78, 5) is 21.6. The summed E-state index contributed by atoms with van der Waals surface area (Å²) in [5.41, 5.74) is 3.55. The maximum absolute atomic E-state index is 11.9. The van der Waals surface area contributed by atoms with Gasteiger partial charge in [-0.15, -0.1) is 0 Å². The van der Waals surface area contributed by atoms with E-state index in [0.29, 0.717) is 17.5 Å². The van der Waals surface area contributed by atoms with E-state index in [0.717, 1.165) is 12.8 Å². The Morgan fingerprint density at radius 2 is 2.17 bits per heavy atom. The van der Waals surface area contributed by atoms with E-state index >= 15 is 0 Å². The predicted molar refractivity (Wildman–Crippen MR) is 68.7 cm³/mol. The highest BCUT2D eigenvalue weighted by molar-refractivity contribution is 6.28. The van der Waals surface area contributed by atoms with Gasteiger partial charge >= 0.3 is 6.03 Å². The van der Waals surface area contributed by atoms with E-state index in [2.05, 4.69) is 15.4 Å². The molecule has 2 heterocycles. The van der Waals surface area contributed by atoms with E-state index in [1.165, 1.54) is 17.7 Å². The summed E-state index contributed by atoms with van der Waals surface area (Å²) in [6.07, 6.45) is 6.07. The molecule has 1 aliphatic heterocycles. The van der Waals surface area contributed by atoms with Gasteiger partial charge in [0.1, 0.15) is 5.69 Å². The summed E-state index contributed by atoms with van der Waals surface area (Å²) in [5, 5.41) is 2.04. The van der Waals surface area contributed by atoms with Crippen LogP contribution < -0.4 is 15.3 Å². The van der Waals surface area contributed by atoms with Crippen molar-refractivity contribution in [2.45, 2.75) is 31.7 Å². The molecule has 0 aromatic carbocycles. The van der Waals surface area contributed by atoms with Crippen LogP contribution in [0.3, 0.4) is 0 Å². The molecule has 96 valence electrons. The highest BCUT2D eigenvalue weighted by Gasteiger charge is 2.34. The molecule has 0 saturated heterocycles. The summed E-state index contributed by atoms with van der Waals surface area (Å²) in [5.74, 6) is 0.684. The minimum Gasteiger partial charge on any atom is -0.291 e. The molecular formula is C11H14ClN5O. The fourth-order valence-corrected chi connectivity index (χ4v) is 2.66. The lowest BCUT2D eigenvalue weighted by atomic mass is 10.2. The molecule has 3 rings (SSSR count). The average Bonchev–Trinajstić information content (AvgIpc) is 2.87. The third kappa shape index (κ3) is 1.77. The molecule has 6 nitrogen and oxygen atoms in total. The van der Waals surface area contributed by atoms with Crippen molar-refractivity contribution < 1.29 is 4.79 Å². The van der Waals surface area contributed by atoms with Crippen LogP contribution in [-0.4, -0.2) is 29.1 Å². The van der Waals surface area contributed by atoms with Crippen molar-refractivity contribution >= 4 is 29.1 Å². The summed E-state index contributed by atoms with van der Waals surface area (Å²) in [6.45, 7) is 0. The zero-order chi connectivity index (χ0) is 12.7. The second-order valence-electron chi connectivity index (χ2n) is 4.63. The number of anilines is 2. The first-order chi connectivity index (χ1) is 8.66. The lowest BCUT2D eigenvalue weighted by Gasteiger charge is -2.38. The maximum atomic E-state index is 11.9. The molecule has 0 spiro atoms. The van der Waals surface area contributed by atoms with Crippen molar-refractivity contribution in [1.82, 2.24) is 15.4 Å². The quantitative estimate of drug-likeness (QED) is 0.790. The lowest BCUT2D eigenvalue weighted by Crippen LogP contribution is -2.56. The van der Waals surface area contributed by atoms with E-state index in [1.807, 2.05) is 5.01 Å². The summed E-state index contributed by atoms with van der Waals surface area (Å²) < 4.78 is 0. The van der Waals surface area contributed by atoms with E-state index in [4.69, 9.17) is 11.6 Å². The number of hydrogen-bond donors (Lipinski definition) is 1. The minimum absolute atomic E-state index is 0.166. The SMILES string of the molecule is CN1C(=O)NN(C2CCCC2)c2nc(Cl)ncc21. The number of amides is 2. The van der Waals surface area contributed by atoms with Gasteiger partial charge in [0.25, 0.3) is 0 Å². The van der Waals surface area contributed by atoms with Crippen molar-refractivity contribution in [3.63, 3.8) is 0 Å². The van der Waals surface area contributed by atoms with E-state index < -0.39 is 0 Å². The fraction of sp³-hybridized carbons (Fsp3) is 0.545. The number of halogens is 1. The Kier molecular flexibility index (Phi) is 2.74. The number of urea groups is 1. The number of carbonyl (C=O) groups excluding carboxylic acids is 1. The lowest BCUT2D eigenvalue weighted by molar-refractivity contribution is 0.243. The van der Waals surface area contributed by atoms with Gasteiger partial charge in [-0.3, -0.25) is 9.91 Å². The number of carbonyl (C=O) groups is 1.